The SMILES string of the molecule is CC(=O)NC(C)c1nc2cc(C(F)(F)F)c(Cl)cc2n1-c1ccc(CCNC(=O)NS(=O)(=O)c2ccc(C)cc2)cc1. The summed E-state index contributed by atoms with van der Waals surface area (Å²) in [4.78, 5) is 28.2. The van der Waals surface area contributed by atoms with Gasteiger partial charge in [-0.2, -0.15) is 13.2 Å². The lowest BCUT2D eigenvalue weighted by atomic mass is 10.1. The second kappa shape index (κ2) is 12.0. The molecule has 0 radical (unpaired) electrons. The highest BCUT2D eigenvalue weighted by Crippen LogP contribution is 2.38. The number of hydrogen-bond acceptors (Lipinski definition) is 5. The molecule has 0 bridgehead atoms. The maximum Gasteiger partial charge on any atom is 0.417 e. The largest absolute Gasteiger partial charge is 0.417 e. The lowest BCUT2D eigenvalue weighted by Gasteiger charge is -2.16. The Bertz CT molecular complexity index is 1740. The minimum absolute atomic E-state index is 0.0334. The highest BCUT2D eigenvalue weighted by atomic mass is 35.5. The number of carbonyl (C=O) groups excluding carboxylic acids is 2. The van der Waals surface area contributed by atoms with E-state index in [1.54, 1.807) is 47.9 Å². The molecule has 222 valence electrons. The zero-order valence-corrected chi connectivity index (χ0v) is 24.3. The Labute approximate surface area is 245 Å². The molecule has 3 aromatic carbocycles. The molecule has 1 unspecified atom stereocenters. The number of amides is 3. The van der Waals surface area contributed by atoms with Crippen molar-refractivity contribution in [2.24, 2.45) is 0 Å². The van der Waals surface area contributed by atoms with Crippen molar-refractivity contribution in [3.05, 3.63) is 88.2 Å². The standard InChI is InChI=1S/C28H27ClF3N5O4S/c1-16-4-10-21(11-5-16)42(40,41)36-27(39)33-13-12-19-6-8-20(9-7-19)37-25-15-23(29)22(28(30,31)32)14-24(25)35-26(37)17(2)34-18(3)38/h4-11,14-15,17H,12-13H2,1-3H3,(H,34,38)(H2,33,36,39). The molecular formula is C28H27ClF3N5O4S. The molecule has 3 amide bonds. The molecule has 1 atom stereocenters. The Hall–Kier alpha value is -4.10. The molecule has 0 fully saturated rings. The van der Waals surface area contributed by atoms with E-state index in [1.807, 2.05) is 11.6 Å². The average molecular weight is 622 g/mol. The number of aryl methyl sites for hydroxylation is 1. The highest BCUT2D eigenvalue weighted by Gasteiger charge is 2.34. The predicted octanol–water partition coefficient (Wildman–Crippen LogP) is 5.43. The summed E-state index contributed by atoms with van der Waals surface area (Å²) in [5, 5.41) is 4.73. The van der Waals surface area contributed by atoms with Gasteiger partial charge in [0.15, 0.2) is 0 Å². The molecule has 4 aromatic rings. The first-order valence-corrected chi connectivity index (χ1v) is 14.5. The van der Waals surface area contributed by atoms with E-state index in [1.165, 1.54) is 25.1 Å². The average Bonchev–Trinajstić information content (AvgIpc) is 3.26. The van der Waals surface area contributed by atoms with Crippen LogP contribution in [0.5, 0.6) is 0 Å². The van der Waals surface area contributed by atoms with Gasteiger partial charge in [-0.15, -0.1) is 0 Å². The van der Waals surface area contributed by atoms with Crippen LogP contribution in [0.25, 0.3) is 16.7 Å². The molecule has 0 saturated carbocycles. The molecule has 1 heterocycles. The Morgan fingerprint density at radius 2 is 1.69 bits per heavy atom. The lowest BCUT2D eigenvalue weighted by molar-refractivity contribution is -0.137. The van der Waals surface area contributed by atoms with Crippen LogP contribution in [0.4, 0.5) is 18.0 Å². The smallest absolute Gasteiger partial charge is 0.347 e. The van der Waals surface area contributed by atoms with Crippen LogP contribution < -0.4 is 15.4 Å². The maximum atomic E-state index is 13.5. The van der Waals surface area contributed by atoms with Crippen LogP contribution in [-0.2, 0) is 27.4 Å². The summed E-state index contributed by atoms with van der Waals surface area (Å²) in [5.41, 5.74) is 1.58. The fourth-order valence-electron chi connectivity index (χ4n) is 4.33. The number of halogens is 4. The van der Waals surface area contributed by atoms with Crippen LogP contribution in [0, 0.1) is 6.92 Å². The number of urea groups is 1. The predicted molar refractivity (Wildman–Crippen MR) is 152 cm³/mol. The van der Waals surface area contributed by atoms with Crippen molar-refractivity contribution in [2.75, 3.05) is 6.54 Å². The van der Waals surface area contributed by atoms with E-state index in [-0.39, 0.29) is 22.9 Å². The zero-order valence-electron chi connectivity index (χ0n) is 22.7. The molecule has 0 spiro atoms. The zero-order chi connectivity index (χ0) is 30.8. The van der Waals surface area contributed by atoms with Crippen molar-refractivity contribution < 1.29 is 31.2 Å². The third-order valence-corrected chi connectivity index (χ3v) is 7.99. The normalized spacial score (nSPS) is 12.6. The van der Waals surface area contributed by atoms with Gasteiger partial charge in [0.25, 0.3) is 10.0 Å². The number of hydrogen-bond donors (Lipinski definition) is 3. The summed E-state index contributed by atoms with van der Waals surface area (Å²) in [5.74, 6) is -0.0369. The summed E-state index contributed by atoms with van der Waals surface area (Å²) in [6, 6.07) is 13.6. The van der Waals surface area contributed by atoms with Gasteiger partial charge >= 0.3 is 12.2 Å². The van der Waals surface area contributed by atoms with Gasteiger partial charge in [-0.05, 0) is 62.2 Å². The number of fused-ring (bicyclic) bond motifs is 1. The van der Waals surface area contributed by atoms with Crippen LogP contribution in [0.3, 0.4) is 0 Å². The van der Waals surface area contributed by atoms with Crippen LogP contribution >= 0.6 is 11.6 Å². The Morgan fingerprint density at radius 3 is 2.29 bits per heavy atom. The van der Waals surface area contributed by atoms with Crippen LogP contribution in [0.15, 0.2) is 65.6 Å². The fraction of sp³-hybridized carbons (Fsp3) is 0.250. The maximum absolute atomic E-state index is 13.5. The van der Waals surface area contributed by atoms with Gasteiger partial charge in [0.2, 0.25) is 5.91 Å². The van der Waals surface area contributed by atoms with Crippen molar-refractivity contribution in [3.8, 4) is 5.69 Å². The molecule has 42 heavy (non-hydrogen) atoms. The number of carbonyl (C=O) groups is 2. The Morgan fingerprint density at radius 1 is 1.05 bits per heavy atom. The van der Waals surface area contributed by atoms with Crippen LogP contribution in [-0.4, -0.2) is 36.5 Å². The quantitative estimate of drug-likeness (QED) is 0.242. The van der Waals surface area contributed by atoms with Gasteiger partial charge in [-0.3, -0.25) is 9.36 Å². The van der Waals surface area contributed by atoms with Crippen LogP contribution in [0.1, 0.15) is 42.4 Å². The van der Waals surface area contributed by atoms with E-state index < -0.39 is 38.9 Å². The highest BCUT2D eigenvalue weighted by molar-refractivity contribution is 7.90. The molecule has 9 nitrogen and oxygen atoms in total. The fourth-order valence-corrected chi connectivity index (χ4v) is 5.53. The first-order chi connectivity index (χ1) is 19.7. The van der Waals surface area contributed by atoms with Gasteiger partial charge < -0.3 is 10.6 Å². The lowest BCUT2D eigenvalue weighted by Crippen LogP contribution is -2.40. The molecule has 0 saturated heterocycles. The van der Waals surface area contributed by atoms with Gasteiger partial charge in [0.05, 0.1) is 32.6 Å². The topological polar surface area (TPSA) is 122 Å². The van der Waals surface area contributed by atoms with Gasteiger partial charge in [-0.25, -0.2) is 22.9 Å². The minimum Gasteiger partial charge on any atom is -0.347 e. The number of alkyl halides is 3. The molecule has 4 rings (SSSR count). The number of benzene rings is 3. The third kappa shape index (κ3) is 7.02. The summed E-state index contributed by atoms with van der Waals surface area (Å²) in [6.45, 7) is 4.93. The Balaban J connectivity index is 1.52. The number of nitrogens with one attached hydrogen (secondary N) is 3. The van der Waals surface area contributed by atoms with Gasteiger partial charge in [-0.1, -0.05) is 41.4 Å². The van der Waals surface area contributed by atoms with E-state index in [4.69, 9.17) is 11.6 Å². The minimum atomic E-state index is -4.67. The molecule has 0 aliphatic carbocycles. The van der Waals surface area contributed by atoms with E-state index >= 15 is 0 Å². The number of aromatic nitrogens is 2. The van der Waals surface area contributed by atoms with Crippen molar-refractivity contribution >= 4 is 44.6 Å². The number of imidazole rings is 1. The second-order valence-corrected chi connectivity index (χ2v) is 11.7. The van der Waals surface area contributed by atoms with Crippen molar-refractivity contribution in [1.29, 1.82) is 0 Å². The van der Waals surface area contributed by atoms with Crippen LogP contribution in [0.2, 0.25) is 5.02 Å². The van der Waals surface area contributed by atoms with Crippen molar-refractivity contribution in [1.82, 2.24) is 24.9 Å². The number of sulfonamides is 1. The summed E-state index contributed by atoms with van der Waals surface area (Å²) < 4.78 is 68.8. The number of nitrogens with zero attached hydrogens (tertiary/aromatic N) is 2. The van der Waals surface area contributed by atoms with Gasteiger partial charge in [0.1, 0.15) is 5.82 Å². The first kappa shape index (κ1) is 30.8. The molecule has 0 aliphatic heterocycles. The Kier molecular flexibility index (Phi) is 8.83. The summed E-state index contributed by atoms with van der Waals surface area (Å²) in [6.07, 6.45) is -4.31. The first-order valence-electron chi connectivity index (χ1n) is 12.7. The van der Waals surface area contributed by atoms with E-state index in [9.17, 15) is 31.2 Å². The molecule has 14 heteroatoms. The van der Waals surface area contributed by atoms with E-state index in [2.05, 4.69) is 15.6 Å². The van der Waals surface area contributed by atoms with Gasteiger partial charge in [0, 0.05) is 19.2 Å². The monoisotopic (exact) mass is 621 g/mol. The summed E-state index contributed by atoms with van der Waals surface area (Å²) in [7, 11) is -4.02. The second-order valence-electron chi connectivity index (χ2n) is 9.64. The van der Waals surface area contributed by atoms with Crippen molar-refractivity contribution in [2.45, 2.75) is 44.3 Å². The van der Waals surface area contributed by atoms with E-state index in [0.29, 0.717) is 23.4 Å². The molecule has 3 N–H and O–H groups in total. The summed E-state index contributed by atoms with van der Waals surface area (Å²) >= 11 is 6.00. The van der Waals surface area contributed by atoms with E-state index in [0.717, 1.165) is 17.2 Å². The van der Waals surface area contributed by atoms with Crippen molar-refractivity contribution in [3.63, 3.8) is 0 Å². The molecular weight excluding hydrogens is 595 g/mol. The molecule has 0 aliphatic rings. The number of rotatable bonds is 8. The molecule has 1 aromatic heterocycles. The third-order valence-electron chi connectivity index (χ3n) is 6.33.